The van der Waals surface area contributed by atoms with Crippen molar-refractivity contribution in [2.24, 2.45) is 0 Å². The van der Waals surface area contributed by atoms with E-state index in [9.17, 15) is 9.59 Å². The van der Waals surface area contributed by atoms with Crippen LogP contribution in [0.4, 0.5) is 5.69 Å². The maximum absolute atomic E-state index is 12.4. The molecule has 120 valence electrons. The van der Waals surface area contributed by atoms with E-state index in [4.69, 9.17) is 0 Å². The van der Waals surface area contributed by atoms with E-state index in [-0.39, 0.29) is 11.8 Å². The molecule has 1 aromatic heterocycles. The summed E-state index contributed by atoms with van der Waals surface area (Å²) in [5.74, 6) is -0.329. The highest BCUT2D eigenvalue weighted by Gasteiger charge is 2.15. The van der Waals surface area contributed by atoms with Gasteiger partial charge in [0.05, 0.1) is 5.56 Å². The predicted molar refractivity (Wildman–Crippen MR) is 90.9 cm³/mol. The summed E-state index contributed by atoms with van der Waals surface area (Å²) < 4.78 is 0. The first-order valence-corrected chi connectivity index (χ1v) is 7.37. The highest BCUT2D eigenvalue weighted by molar-refractivity contribution is 6.06. The summed E-state index contributed by atoms with van der Waals surface area (Å²) in [5, 5.41) is 2.86. The highest BCUT2D eigenvalue weighted by atomic mass is 16.2. The van der Waals surface area contributed by atoms with Gasteiger partial charge in [0.25, 0.3) is 11.8 Å². The Morgan fingerprint density at radius 2 is 1.83 bits per heavy atom. The number of hydrogen-bond donors (Lipinski definition) is 1. The van der Waals surface area contributed by atoms with Crippen LogP contribution < -0.4 is 5.32 Å². The molecule has 5 heteroatoms. The number of carbonyl (C=O) groups excluding carboxylic acids is 2. The second kappa shape index (κ2) is 6.60. The molecule has 1 N–H and O–H groups in total. The Hall–Kier alpha value is -2.69. The largest absolute Gasteiger partial charge is 0.345 e. The summed E-state index contributed by atoms with van der Waals surface area (Å²) in [7, 11) is 3.40. The number of hydrogen-bond acceptors (Lipinski definition) is 3. The number of nitrogens with one attached hydrogen (secondary N) is 1. The molecule has 2 rings (SSSR count). The van der Waals surface area contributed by atoms with Crippen LogP contribution in [0.1, 0.15) is 37.5 Å². The zero-order valence-corrected chi connectivity index (χ0v) is 14.1. The highest BCUT2D eigenvalue weighted by Crippen LogP contribution is 2.21. The average Bonchev–Trinajstić information content (AvgIpc) is 2.51. The van der Waals surface area contributed by atoms with Crippen molar-refractivity contribution < 1.29 is 9.59 Å². The first-order valence-electron chi connectivity index (χ1n) is 7.37. The topological polar surface area (TPSA) is 62.3 Å². The molecule has 0 saturated heterocycles. The number of pyridine rings is 1. The van der Waals surface area contributed by atoms with Gasteiger partial charge < -0.3 is 10.2 Å². The van der Waals surface area contributed by atoms with Crippen molar-refractivity contribution in [2.45, 2.75) is 20.8 Å². The van der Waals surface area contributed by atoms with Gasteiger partial charge in [-0.05, 0) is 50.1 Å². The van der Waals surface area contributed by atoms with Crippen LogP contribution in [-0.2, 0) is 0 Å². The molecule has 0 saturated carbocycles. The normalized spacial score (nSPS) is 10.3. The monoisotopic (exact) mass is 311 g/mol. The van der Waals surface area contributed by atoms with Crippen molar-refractivity contribution in [3.8, 4) is 0 Å². The molecule has 0 bridgehead atoms. The van der Waals surface area contributed by atoms with Gasteiger partial charge in [-0.3, -0.25) is 14.6 Å². The number of nitrogens with zero attached hydrogens (tertiary/aromatic N) is 2. The Morgan fingerprint density at radius 1 is 1.13 bits per heavy atom. The van der Waals surface area contributed by atoms with Gasteiger partial charge in [-0.25, -0.2) is 0 Å². The van der Waals surface area contributed by atoms with Gasteiger partial charge in [-0.2, -0.15) is 0 Å². The fourth-order valence-corrected chi connectivity index (χ4v) is 2.21. The average molecular weight is 311 g/mol. The van der Waals surface area contributed by atoms with E-state index in [1.165, 1.54) is 4.90 Å². The van der Waals surface area contributed by atoms with Crippen molar-refractivity contribution in [3.63, 3.8) is 0 Å². The third-order valence-electron chi connectivity index (χ3n) is 3.82. The molecule has 0 fully saturated rings. The molecule has 2 amide bonds. The van der Waals surface area contributed by atoms with Crippen molar-refractivity contribution in [3.05, 3.63) is 58.4 Å². The lowest BCUT2D eigenvalue weighted by Gasteiger charge is -2.15. The summed E-state index contributed by atoms with van der Waals surface area (Å²) in [6.45, 7) is 5.64. The van der Waals surface area contributed by atoms with Crippen LogP contribution in [0.25, 0.3) is 0 Å². The molecule has 0 unspecified atom stereocenters. The molecule has 5 nitrogen and oxygen atoms in total. The zero-order chi connectivity index (χ0) is 17.1. The standard InChI is InChI=1S/C18H21N3O2/c1-11-9-14(10-19-13(11)3)17(22)20-16-8-6-7-15(12(16)2)18(23)21(4)5/h6-10H,1-5H3,(H,20,22). The third-order valence-corrected chi connectivity index (χ3v) is 3.82. The second-order valence-corrected chi connectivity index (χ2v) is 5.76. The molecule has 0 aliphatic rings. The maximum Gasteiger partial charge on any atom is 0.257 e. The molecule has 0 spiro atoms. The molecule has 2 aromatic rings. The molecule has 0 atom stereocenters. The van der Waals surface area contributed by atoms with E-state index in [0.29, 0.717) is 16.8 Å². The van der Waals surface area contributed by atoms with Crippen LogP contribution in [0.15, 0.2) is 30.5 Å². The van der Waals surface area contributed by atoms with Gasteiger partial charge in [-0.1, -0.05) is 6.07 Å². The van der Waals surface area contributed by atoms with Gasteiger partial charge in [0.15, 0.2) is 0 Å². The van der Waals surface area contributed by atoms with Gasteiger partial charge in [0.1, 0.15) is 0 Å². The summed E-state index contributed by atoms with van der Waals surface area (Å²) in [5.41, 5.74) is 4.31. The number of aryl methyl sites for hydroxylation is 2. The lowest BCUT2D eigenvalue weighted by atomic mass is 10.1. The SMILES string of the molecule is Cc1cc(C(=O)Nc2cccc(C(=O)N(C)C)c2C)cnc1C. The van der Waals surface area contributed by atoms with Crippen LogP contribution in [0, 0.1) is 20.8 Å². The van der Waals surface area contributed by atoms with Crippen LogP contribution >= 0.6 is 0 Å². The van der Waals surface area contributed by atoms with E-state index in [0.717, 1.165) is 16.8 Å². The Kier molecular flexibility index (Phi) is 4.79. The minimum atomic E-state index is -0.238. The van der Waals surface area contributed by atoms with E-state index in [2.05, 4.69) is 10.3 Å². The summed E-state index contributed by atoms with van der Waals surface area (Å²) in [6, 6.07) is 7.11. The van der Waals surface area contributed by atoms with Gasteiger partial charge >= 0.3 is 0 Å². The fourth-order valence-electron chi connectivity index (χ4n) is 2.21. The number of benzene rings is 1. The predicted octanol–water partition coefficient (Wildman–Crippen LogP) is 2.96. The first-order chi connectivity index (χ1) is 10.8. The number of carbonyl (C=O) groups is 2. The third kappa shape index (κ3) is 3.56. The summed E-state index contributed by atoms with van der Waals surface area (Å²) in [6.07, 6.45) is 1.56. The molecule has 0 aliphatic heterocycles. The van der Waals surface area contributed by atoms with Gasteiger partial charge in [-0.15, -0.1) is 0 Å². The van der Waals surface area contributed by atoms with Crippen molar-refractivity contribution in [1.29, 1.82) is 0 Å². The molecular formula is C18H21N3O2. The number of anilines is 1. The lowest BCUT2D eigenvalue weighted by molar-refractivity contribution is 0.0826. The van der Waals surface area contributed by atoms with Crippen molar-refractivity contribution in [2.75, 3.05) is 19.4 Å². The van der Waals surface area contributed by atoms with Crippen LogP contribution in [-0.4, -0.2) is 35.8 Å². The molecular weight excluding hydrogens is 290 g/mol. The van der Waals surface area contributed by atoms with E-state index >= 15 is 0 Å². The minimum Gasteiger partial charge on any atom is -0.345 e. The Balaban J connectivity index is 2.29. The van der Waals surface area contributed by atoms with Crippen molar-refractivity contribution >= 4 is 17.5 Å². The molecule has 1 heterocycles. The van der Waals surface area contributed by atoms with Gasteiger partial charge in [0, 0.05) is 37.2 Å². The molecule has 0 aliphatic carbocycles. The van der Waals surface area contributed by atoms with E-state index < -0.39 is 0 Å². The molecule has 23 heavy (non-hydrogen) atoms. The number of rotatable bonds is 3. The Bertz CT molecular complexity index is 767. The van der Waals surface area contributed by atoms with Crippen molar-refractivity contribution in [1.82, 2.24) is 9.88 Å². The number of amides is 2. The summed E-state index contributed by atoms with van der Waals surface area (Å²) >= 11 is 0. The lowest BCUT2D eigenvalue weighted by Crippen LogP contribution is -2.23. The second-order valence-electron chi connectivity index (χ2n) is 5.76. The maximum atomic E-state index is 12.4. The summed E-state index contributed by atoms with van der Waals surface area (Å²) in [4.78, 5) is 30.3. The van der Waals surface area contributed by atoms with E-state index in [1.54, 1.807) is 38.5 Å². The van der Waals surface area contributed by atoms with E-state index in [1.807, 2.05) is 26.8 Å². The smallest absolute Gasteiger partial charge is 0.257 e. The fraction of sp³-hybridized carbons (Fsp3) is 0.278. The molecule has 0 radical (unpaired) electrons. The Morgan fingerprint density at radius 3 is 2.43 bits per heavy atom. The minimum absolute atomic E-state index is 0.0913. The van der Waals surface area contributed by atoms with Crippen LogP contribution in [0.3, 0.4) is 0 Å². The van der Waals surface area contributed by atoms with Crippen LogP contribution in [0.5, 0.6) is 0 Å². The first kappa shape index (κ1) is 16.7. The Labute approximate surface area is 136 Å². The molecule has 1 aromatic carbocycles. The van der Waals surface area contributed by atoms with Crippen LogP contribution in [0.2, 0.25) is 0 Å². The zero-order valence-electron chi connectivity index (χ0n) is 14.1. The quantitative estimate of drug-likeness (QED) is 0.948. The number of aromatic nitrogens is 1. The van der Waals surface area contributed by atoms with Gasteiger partial charge in [0.2, 0.25) is 0 Å².